The van der Waals surface area contributed by atoms with Gasteiger partial charge in [0.25, 0.3) is 0 Å². The summed E-state index contributed by atoms with van der Waals surface area (Å²) in [5, 5.41) is 2.24. The third-order valence-corrected chi connectivity index (χ3v) is 5.00. The van der Waals surface area contributed by atoms with Gasteiger partial charge in [-0.1, -0.05) is 18.2 Å². The van der Waals surface area contributed by atoms with Crippen LogP contribution in [0.15, 0.2) is 36.7 Å². The molecule has 144 valence electrons. The van der Waals surface area contributed by atoms with Crippen LogP contribution in [0.5, 0.6) is 0 Å². The zero-order valence-electron chi connectivity index (χ0n) is 16.2. The highest BCUT2D eigenvalue weighted by molar-refractivity contribution is 5.82. The van der Waals surface area contributed by atoms with E-state index in [1.54, 1.807) is 27.0 Å². The lowest BCUT2D eigenvalue weighted by atomic mass is 9.86. The molecule has 1 aromatic heterocycles. The summed E-state index contributed by atoms with van der Waals surface area (Å²) >= 11 is 0. The maximum Gasteiger partial charge on any atom is 0.441 e. The fourth-order valence-electron chi connectivity index (χ4n) is 3.58. The van der Waals surface area contributed by atoms with Crippen LogP contribution < -0.4 is 5.48 Å². The van der Waals surface area contributed by atoms with Crippen LogP contribution in [0.3, 0.4) is 0 Å². The van der Waals surface area contributed by atoms with Gasteiger partial charge in [-0.2, -0.15) is 0 Å². The fourth-order valence-corrected chi connectivity index (χ4v) is 3.58. The number of ether oxygens (including phenoxy) is 1. The minimum atomic E-state index is -0.767. The molecule has 6 nitrogen and oxygen atoms in total. The van der Waals surface area contributed by atoms with Gasteiger partial charge in [0.1, 0.15) is 5.60 Å². The van der Waals surface area contributed by atoms with Gasteiger partial charge in [-0.25, -0.2) is 9.59 Å². The lowest BCUT2D eigenvalue weighted by Crippen LogP contribution is -2.38. The minimum Gasteiger partial charge on any atom is -0.442 e. The van der Waals surface area contributed by atoms with E-state index in [4.69, 9.17) is 9.57 Å². The van der Waals surface area contributed by atoms with Crippen LogP contribution in [-0.4, -0.2) is 22.6 Å². The molecule has 2 atom stereocenters. The van der Waals surface area contributed by atoms with Crippen LogP contribution in [0.4, 0.5) is 4.79 Å². The molecule has 0 aliphatic heterocycles. The molecule has 1 fully saturated rings. The number of carbonyl (C=O) groups is 2. The first-order valence-electron chi connectivity index (χ1n) is 9.20. The molecule has 0 saturated heterocycles. The molecular weight excluding hydrogens is 344 g/mol. The number of pyridine rings is 1. The first-order chi connectivity index (χ1) is 12.7. The summed E-state index contributed by atoms with van der Waals surface area (Å²) in [4.78, 5) is 33.4. The number of fused-ring (bicyclic) bond motifs is 1. The third kappa shape index (κ3) is 4.56. The standard InChI is InChI=1S/C21H26N2O4/c1-20(2,3)26-19(25)23-27-18(24)21(4)9-7-16(12-21)14-5-6-17-13-22-10-8-15(17)11-14/h5-6,8,10-11,13,16H,7,9,12H2,1-4H3,(H,23,25). The van der Waals surface area contributed by atoms with Crippen molar-refractivity contribution in [3.63, 3.8) is 0 Å². The summed E-state index contributed by atoms with van der Waals surface area (Å²) in [6.07, 6.45) is 5.15. The Hall–Kier alpha value is -2.63. The number of aromatic nitrogens is 1. The second kappa shape index (κ2) is 7.18. The molecule has 6 heteroatoms. The predicted molar refractivity (Wildman–Crippen MR) is 102 cm³/mol. The van der Waals surface area contributed by atoms with Crippen molar-refractivity contribution >= 4 is 22.8 Å². The quantitative estimate of drug-likeness (QED) is 0.788. The van der Waals surface area contributed by atoms with Gasteiger partial charge in [-0.3, -0.25) is 4.98 Å². The Morgan fingerprint density at radius 1 is 1.22 bits per heavy atom. The Bertz CT molecular complexity index is 859. The highest BCUT2D eigenvalue weighted by atomic mass is 16.7. The number of benzene rings is 1. The lowest BCUT2D eigenvalue weighted by Gasteiger charge is -2.23. The van der Waals surface area contributed by atoms with Crippen molar-refractivity contribution in [2.45, 2.75) is 58.5 Å². The van der Waals surface area contributed by atoms with E-state index in [1.807, 2.05) is 19.2 Å². The van der Waals surface area contributed by atoms with Crippen molar-refractivity contribution in [1.29, 1.82) is 0 Å². The van der Waals surface area contributed by atoms with Gasteiger partial charge in [-0.15, -0.1) is 5.48 Å². The highest BCUT2D eigenvalue weighted by Crippen LogP contribution is 2.47. The molecule has 1 aromatic carbocycles. The van der Waals surface area contributed by atoms with E-state index in [0.717, 1.165) is 17.2 Å². The summed E-state index contributed by atoms with van der Waals surface area (Å²) < 4.78 is 5.08. The zero-order valence-corrected chi connectivity index (χ0v) is 16.2. The molecule has 1 aliphatic carbocycles. The summed E-state index contributed by atoms with van der Waals surface area (Å²) in [5.74, 6) is -0.150. The summed E-state index contributed by atoms with van der Waals surface area (Å²) in [6, 6.07) is 8.32. The second-order valence-electron chi connectivity index (χ2n) is 8.48. The molecule has 3 rings (SSSR count). The number of nitrogens with zero attached hydrogens (tertiary/aromatic N) is 1. The van der Waals surface area contributed by atoms with Crippen LogP contribution in [0.2, 0.25) is 0 Å². The van der Waals surface area contributed by atoms with Crippen molar-refractivity contribution in [3.05, 3.63) is 42.2 Å². The van der Waals surface area contributed by atoms with Crippen molar-refractivity contribution in [3.8, 4) is 0 Å². The van der Waals surface area contributed by atoms with E-state index in [9.17, 15) is 9.59 Å². The molecule has 0 bridgehead atoms. The minimum absolute atomic E-state index is 0.279. The Morgan fingerprint density at radius 3 is 2.74 bits per heavy atom. The van der Waals surface area contributed by atoms with E-state index in [-0.39, 0.29) is 5.92 Å². The predicted octanol–water partition coefficient (Wildman–Crippen LogP) is 4.49. The SMILES string of the molecule is CC(C)(C)OC(=O)NOC(=O)C1(C)CCC(c2ccc3cnccc3c2)C1. The number of nitrogens with one attached hydrogen (secondary N) is 1. The molecule has 1 saturated carbocycles. The third-order valence-electron chi connectivity index (χ3n) is 5.00. The van der Waals surface area contributed by atoms with Gasteiger partial charge in [0, 0.05) is 17.8 Å². The monoisotopic (exact) mass is 370 g/mol. The van der Waals surface area contributed by atoms with Crippen molar-refractivity contribution < 1.29 is 19.2 Å². The fraction of sp³-hybridized carbons (Fsp3) is 0.476. The molecule has 0 radical (unpaired) electrons. The second-order valence-corrected chi connectivity index (χ2v) is 8.48. The lowest BCUT2D eigenvalue weighted by molar-refractivity contribution is -0.161. The van der Waals surface area contributed by atoms with Gasteiger partial charge in [-0.05, 0) is 69.9 Å². The average Bonchev–Trinajstić information content (AvgIpc) is 3.01. The molecule has 1 aliphatic rings. The van der Waals surface area contributed by atoms with Crippen LogP contribution in [0, 0.1) is 5.41 Å². The number of amides is 1. The van der Waals surface area contributed by atoms with E-state index < -0.39 is 23.1 Å². The Kier molecular flexibility index (Phi) is 5.09. The number of hydrogen-bond donors (Lipinski definition) is 1. The summed E-state index contributed by atoms with van der Waals surface area (Å²) in [7, 11) is 0. The first-order valence-corrected chi connectivity index (χ1v) is 9.20. The van der Waals surface area contributed by atoms with E-state index in [2.05, 4.69) is 28.7 Å². The summed E-state index contributed by atoms with van der Waals surface area (Å²) in [6.45, 7) is 7.13. The molecule has 2 unspecified atom stereocenters. The number of hydrogen-bond acceptors (Lipinski definition) is 5. The Balaban J connectivity index is 1.62. The van der Waals surface area contributed by atoms with Crippen molar-refractivity contribution in [2.75, 3.05) is 0 Å². The number of carbonyl (C=O) groups excluding carboxylic acids is 2. The highest BCUT2D eigenvalue weighted by Gasteiger charge is 2.43. The first kappa shape index (κ1) is 19.1. The van der Waals surface area contributed by atoms with Crippen LogP contribution in [-0.2, 0) is 14.4 Å². The molecule has 2 aromatic rings. The van der Waals surface area contributed by atoms with Crippen molar-refractivity contribution in [2.24, 2.45) is 5.41 Å². The van der Waals surface area contributed by atoms with Crippen molar-refractivity contribution in [1.82, 2.24) is 10.5 Å². The molecule has 1 heterocycles. The van der Waals surface area contributed by atoms with Crippen LogP contribution >= 0.6 is 0 Å². The molecule has 1 N–H and O–H groups in total. The molecule has 0 spiro atoms. The smallest absolute Gasteiger partial charge is 0.441 e. The van der Waals surface area contributed by atoms with E-state index in [1.165, 1.54) is 5.56 Å². The molecular formula is C21H26N2O4. The normalized spacial score (nSPS) is 22.4. The van der Waals surface area contributed by atoms with Crippen LogP contribution in [0.25, 0.3) is 10.8 Å². The largest absolute Gasteiger partial charge is 0.442 e. The Labute approximate surface area is 159 Å². The van der Waals surface area contributed by atoms with Gasteiger partial charge in [0.15, 0.2) is 0 Å². The number of hydroxylamine groups is 1. The maximum atomic E-state index is 12.5. The van der Waals surface area contributed by atoms with E-state index in [0.29, 0.717) is 12.8 Å². The van der Waals surface area contributed by atoms with Gasteiger partial charge in [0.2, 0.25) is 0 Å². The van der Waals surface area contributed by atoms with Gasteiger partial charge < -0.3 is 9.57 Å². The molecule has 27 heavy (non-hydrogen) atoms. The summed E-state index contributed by atoms with van der Waals surface area (Å²) in [5.41, 5.74) is 2.04. The van der Waals surface area contributed by atoms with Gasteiger partial charge in [0.05, 0.1) is 5.41 Å². The average molecular weight is 370 g/mol. The van der Waals surface area contributed by atoms with E-state index >= 15 is 0 Å². The topological polar surface area (TPSA) is 77.5 Å². The number of rotatable bonds is 2. The van der Waals surface area contributed by atoms with Crippen LogP contribution in [0.1, 0.15) is 58.4 Å². The van der Waals surface area contributed by atoms with Gasteiger partial charge >= 0.3 is 12.1 Å². The molecule has 1 amide bonds. The zero-order chi connectivity index (χ0) is 19.7. The maximum absolute atomic E-state index is 12.5. The Morgan fingerprint density at radius 2 is 2.00 bits per heavy atom.